The van der Waals surface area contributed by atoms with E-state index >= 15 is 0 Å². The van der Waals surface area contributed by atoms with Gasteiger partial charge in [0.25, 0.3) is 0 Å². The minimum absolute atomic E-state index is 0.152. The van der Waals surface area contributed by atoms with Crippen LogP contribution < -0.4 is 5.32 Å². The molecule has 0 fully saturated rings. The molecule has 0 saturated carbocycles. The molecule has 0 aromatic carbocycles. The van der Waals surface area contributed by atoms with Gasteiger partial charge in [-0.05, 0) is 12.5 Å². The maximum atomic E-state index is 11.3. The van der Waals surface area contributed by atoms with Crippen LogP contribution in [0.5, 0.6) is 0 Å². The number of carbonyl (C=O) groups excluding carboxylic acids is 1. The highest BCUT2D eigenvalue weighted by Crippen LogP contribution is 1.91. The van der Waals surface area contributed by atoms with E-state index in [1.165, 1.54) is 4.68 Å². The van der Waals surface area contributed by atoms with Crippen LogP contribution in [0.4, 0.5) is 4.79 Å². The van der Waals surface area contributed by atoms with Gasteiger partial charge in [0.1, 0.15) is 0 Å². The highest BCUT2D eigenvalue weighted by atomic mass is 16.2. The fraction of sp³-hybridized carbons (Fsp3) is 0.556. The van der Waals surface area contributed by atoms with Crippen molar-refractivity contribution in [2.45, 2.75) is 26.2 Å². The lowest BCUT2D eigenvalue weighted by atomic mass is 10.2. The summed E-state index contributed by atoms with van der Waals surface area (Å²) in [6.45, 7) is 2.86. The molecule has 0 spiro atoms. The van der Waals surface area contributed by atoms with Crippen LogP contribution in [0.15, 0.2) is 18.5 Å². The first-order chi connectivity index (χ1) is 6.34. The summed E-state index contributed by atoms with van der Waals surface area (Å²) in [5, 5.41) is 6.60. The zero-order chi connectivity index (χ0) is 9.52. The average Bonchev–Trinajstić information content (AvgIpc) is 2.65. The molecule has 1 amide bonds. The summed E-state index contributed by atoms with van der Waals surface area (Å²) < 4.78 is 1.30. The van der Waals surface area contributed by atoms with E-state index in [0.717, 1.165) is 25.8 Å². The molecule has 1 aromatic heterocycles. The van der Waals surface area contributed by atoms with E-state index in [1.54, 1.807) is 18.5 Å². The molecular formula is C9H15N3O. The predicted molar refractivity (Wildman–Crippen MR) is 50.5 cm³/mol. The molecule has 0 aliphatic heterocycles. The third-order valence-electron chi connectivity index (χ3n) is 1.77. The molecule has 1 rings (SSSR count). The summed E-state index contributed by atoms with van der Waals surface area (Å²) in [5.41, 5.74) is 0. The molecule has 13 heavy (non-hydrogen) atoms. The first kappa shape index (κ1) is 9.77. The normalized spacial score (nSPS) is 9.92. The second-order valence-electron chi connectivity index (χ2n) is 2.89. The molecule has 4 heteroatoms. The number of unbranched alkanes of at least 4 members (excludes halogenated alkanes) is 2. The van der Waals surface area contributed by atoms with Gasteiger partial charge in [0.15, 0.2) is 0 Å². The van der Waals surface area contributed by atoms with Gasteiger partial charge in [0, 0.05) is 18.9 Å². The summed E-state index contributed by atoms with van der Waals surface area (Å²) in [5.74, 6) is 0. The van der Waals surface area contributed by atoms with E-state index < -0.39 is 0 Å². The van der Waals surface area contributed by atoms with Crippen molar-refractivity contribution < 1.29 is 4.79 Å². The van der Waals surface area contributed by atoms with Crippen molar-refractivity contribution in [3.05, 3.63) is 18.5 Å². The summed E-state index contributed by atoms with van der Waals surface area (Å²) in [6, 6.07) is 1.58. The smallest absolute Gasteiger partial charge is 0.336 e. The Labute approximate surface area is 77.9 Å². The van der Waals surface area contributed by atoms with Gasteiger partial charge < -0.3 is 5.32 Å². The molecule has 72 valence electrons. The van der Waals surface area contributed by atoms with Crippen LogP contribution in [0.3, 0.4) is 0 Å². The first-order valence-corrected chi connectivity index (χ1v) is 4.62. The standard InChI is InChI=1S/C9H15N3O/c1-2-3-4-6-10-9(13)12-8-5-7-11-12/h5,7-8H,2-4,6H2,1H3,(H,10,13). The molecule has 1 aromatic rings. The summed E-state index contributed by atoms with van der Waals surface area (Å²) in [6.07, 6.45) is 6.57. The van der Waals surface area contributed by atoms with Crippen molar-refractivity contribution in [3.8, 4) is 0 Å². The van der Waals surface area contributed by atoms with Crippen molar-refractivity contribution in [2.24, 2.45) is 0 Å². The van der Waals surface area contributed by atoms with Crippen molar-refractivity contribution >= 4 is 6.03 Å². The molecule has 1 heterocycles. The Kier molecular flexibility index (Phi) is 4.02. The largest absolute Gasteiger partial charge is 0.342 e. The van der Waals surface area contributed by atoms with Gasteiger partial charge in [-0.25, -0.2) is 4.79 Å². The number of nitrogens with one attached hydrogen (secondary N) is 1. The number of hydrogen-bond acceptors (Lipinski definition) is 2. The molecule has 4 nitrogen and oxygen atoms in total. The lowest BCUT2D eigenvalue weighted by Crippen LogP contribution is -2.29. The monoisotopic (exact) mass is 181 g/mol. The van der Waals surface area contributed by atoms with Crippen LogP contribution in [-0.2, 0) is 0 Å². The number of carbonyl (C=O) groups is 1. The topological polar surface area (TPSA) is 46.9 Å². The van der Waals surface area contributed by atoms with E-state index in [2.05, 4.69) is 17.3 Å². The second-order valence-corrected chi connectivity index (χ2v) is 2.89. The van der Waals surface area contributed by atoms with E-state index in [-0.39, 0.29) is 6.03 Å². The number of rotatable bonds is 4. The lowest BCUT2D eigenvalue weighted by Gasteiger charge is -2.03. The zero-order valence-corrected chi connectivity index (χ0v) is 7.86. The molecular weight excluding hydrogens is 166 g/mol. The van der Waals surface area contributed by atoms with Crippen molar-refractivity contribution in [3.63, 3.8) is 0 Å². The van der Waals surface area contributed by atoms with Crippen LogP contribution in [0, 0.1) is 0 Å². The highest BCUT2D eigenvalue weighted by molar-refractivity contribution is 5.75. The molecule has 0 aliphatic rings. The Morgan fingerprint density at radius 3 is 3.00 bits per heavy atom. The molecule has 0 bridgehead atoms. The molecule has 0 radical (unpaired) electrons. The van der Waals surface area contributed by atoms with Gasteiger partial charge in [-0.15, -0.1) is 0 Å². The van der Waals surface area contributed by atoms with Gasteiger partial charge >= 0.3 is 6.03 Å². The number of hydrogen-bond donors (Lipinski definition) is 1. The van der Waals surface area contributed by atoms with Crippen molar-refractivity contribution in [2.75, 3.05) is 6.54 Å². The quantitative estimate of drug-likeness (QED) is 0.717. The molecule has 0 atom stereocenters. The third-order valence-corrected chi connectivity index (χ3v) is 1.77. The lowest BCUT2D eigenvalue weighted by molar-refractivity contribution is 0.239. The fourth-order valence-electron chi connectivity index (χ4n) is 1.04. The maximum absolute atomic E-state index is 11.3. The van der Waals surface area contributed by atoms with E-state index in [4.69, 9.17) is 0 Å². The van der Waals surface area contributed by atoms with Crippen LogP contribution >= 0.6 is 0 Å². The van der Waals surface area contributed by atoms with E-state index in [1.807, 2.05) is 0 Å². The Hall–Kier alpha value is -1.32. The van der Waals surface area contributed by atoms with E-state index in [9.17, 15) is 4.79 Å². The van der Waals surface area contributed by atoms with Gasteiger partial charge in [0.05, 0.1) is 0 Å². The SMILES string of the molecule is CCCCCNC(=O)n1cccn1. The van der Waals surface area contributed by atoms with Crippen LogP contribution in [-0.4, -0.2) is 22.4 Å². The average molecular weight is 181 g/mol. The zero-order valence-electron chi connectivity index (χ0n) is 7.86. The minimum atomic E-state index is -0.152. The number of nitrogens with zero attached hydrogens (tertiary/aromatic N) is 2. The van der Waals surface area contributed by atoms with Crippen LogP contribution in [0.1, 0.15) is 26.2 Å². The molecule has 0 saturated heterocycles. The summed E-state index contributed by atoms with van der Waals surface area (Å²) in [7, 11) is 0. The fourth-order valence-corrected chi connectivity index (χ4v) is 1.04. The highest BCUT2D eigenvalue weighted by Gasteiger charge is 2.00. The third kappa shape index (κ3) is 3.27. The van der Waals surface area contributed by atoms with Crippen molar-refractivity contribution in [1.29, 1.82) is 0 Å². The summed E-state index contributed by atoms with van der Waals surface area (Å²) in [4.78, 5) is 11.3. The molecule has 0 aliphatic carbocycles. The van der Waals surface area contributed by atoms with Gasteiger partial charge in [-0.2, -0.15) is 9.78 Å². The summed E-state index contributed by atoms with van der Waals surface area (Å²) >= 11 is 0. The first-order valence-electron chi connectivity index (χ1n) is 4.62. The second kappa shape index (κ2) is 5.35. The van der Waals surface area contributed by atoms with E-state index in [0.29, 0.717) is 0 Å². The Morgan fingerprint density at radius 1 is 1.54 bits per heavy atom. The number of amides is 1. The van der Waals surface area contributed by atoms with Crippen LogP contribution in [0.2, 0.25) is 0 Å². The van der Waals surface area contributed by atoms with Gasteiger partial charge in [-0.3, -0.25) is 0 Å². The van der Waals surface area contributed by atoms with Gasteiger partial charge in [-0.1, -0.05) is 19.8 Å². The molecule has 0 unspecified atom stereocenters. The van der Waals surface area contributed by atoms with Gasteiger partial charge in [0.2, 0.25) is 0 Å². The maximum Gasteiger partial charge on any atom is 0.342 e. The number of aromatic nitrogens is 2. The predicted octanol–water partition coefficient (Wildman–Crippen LogP) is 1.63. The minimum Gasteiger partial charge on any atom is -0.336 e. The Balaban J connectivity index is 2.19. The Bertz CT molecular complexity index is 243. The molecule has 1 N–H and O–H groups in total. The Morgan fingerprint density at radius 2 is 2.38 bits per heavy atom. The van der Waals surface area contributed by atoms with Crippen molar-refractivity contribution in [1.82, 2.24) is 15.1 Å². The van der Waals surface area contributed by atoms with Crippen LogP contribution in [0.25, 0.3) is 0 Å².